The van der Waals surface area contributed by atoms with Crippen molar-refractivity contribution in [3.8, 4) is 0 Å². The Hall–Kier alpha value is -2.06. The van der Waals surface area contributed by atoms with Gasteiger partial charge in [0, 0.05) is 0 Å². The van der Waals surface area contributed by atoms with E-state index in [2.05, 4.69) is 5.32 Å². The molecule has 4 nitrogen and oxygen atoms in total. The van der Waals surface area contributed by atoms with Crippen LogP contribution in [0.3, 0.4) is 0 Å². The molecule has 1 atom stereocenters. The smallest absolute Gasteiger partial charge is 0.408 e. The van der Waals surface area contributed by atoms with Crippen molar-refractivity contribution in [3.05, 3.63) is 35.9 Å². The maximum Gasteiger partial charge on any atom is 0.408 e. The van der Waals surface area contributed by atoms with Crippen LogP contribution in [0, 0.1) is 0 Å². The van der Waals surface area contributed by atoms with Crippen LogP contribution >= 0.6 is 0 Å². The highest BCUT2D eigenvalue weighted by molar-refractivity contribution is 5.91. The Morgan fingerprint density at radius 2 is 1.90 bits per heavy atom. The van der Waals surface area contributed by atoms with Gasteiger partial charge in [0.2, 0.25) is 0 Å². The van der Waals surface area contributed by atoms with Crippen molar-refractivity contribution in [2.24, 2.45) is 0 Å². The molecule has 1 aromatic rings. The average molecular weight is 275 g/mol. The molecule has 0 saturated carbocycles. The number of alkyl carbamates (subject to hydrolysis) is 1. The minimum absolute atomic E-state index is 0.412. The molecule has 1 rings (SSSR count). The molecule has 0 bridgehead atoms. The van der Waals surface area contributed by atoms with Gasteiger partial charge in [-0.05, 0) is 32.8 Å². The fourth-order valence-corrected chi connectivity index (χ4v) is 1.78. The molecule has 0 aromatic heterocycles. The number of carbonyl (C=O) groups excluding carboxylic acids is 2. The number of ether oxygens (including phenoxy) is 1. The average Bonchev–Trinajstić information content (AvgIpc) is 2.37. The highest BCUT2D eigenvalue weighted by Crippen LogP contribution is 2.18. The Kier molecular flexibility index (Phi) is 5.53. The molecule has 0 heterocycles. The van der Waals surface area contributed by atoms with Gasteiger partial charge in [0.05, 0.1) is 11.6 Å². The summed E-state index contributed by atoms with van der Waals surface area (Å²) in [6, 6.07) is 8.78. The Morgan fingerprint density at radius 1 is 1.30 bits per heavy atom. The first kappa shape index (κ1) is 16.0. The van der Waals surface area contributed by atoms with Gasteiger partial charge in [-0.1, -0.05) is 37.3 Å². The summed E-state index contributed by atoms with van der Waals surface area (Å²) >= 11 is 0. The quantitative estimate of drug-likeness (QED) is 0.858. The van der Waals surface area contributed by atoms with Crippen LogP contribution < -0.4 is 5.32 Å². The van der Waals surface area contributed by atoms with Gasteiger partial charge in [-0.15, -0.1) is 0 Å². The van der Waals surface area contributed by atoms with Crippen molar-refractivity contribution < 1.29 is 14.3 Å². The molecule has 0 saturated heterocycles. The molecule has 1 unspecified atom stereocenters. The van der Waals surface area contributed by atoms with Gasteiger partial charge >= 0.3 is 6.09 Å². The van der Waals surface area contributed by atoms with Crippen LogP contribution in [0.5, 0.6) is 0 Å². The number of nitrogens with one attached hydrogen (secondary N) is 1. The van der Waals surface area contributed by atoms with Crippen molar-refractivity contribution in [2.75, 3.05) is 0 Å². The molecular weight excluding hydrogens is 254 g/mol. The summed E-state index contributed by atoms with van der Waals surface area (Å²) in [6.07, 6.45) is 0.0478. The van der Waals surface area contributed by atoms with E-state index < -0.39 is 17.7 Å². The lowest BCUT2D eigenvalue weighted by atomic mass is 9.98. The summed E-state index contributed by atoms with van der Waals surface area (Å²) in [7, 11) is 0. The highest BCUT2D eigenvalue weighted by atomic mass is 16.6. The lowest BCUT2D eigenvalue weighted by Gasteiger charge is -2.23. The molecule has 108 valence electrons. The van der Waals surface area contributed by atoms with E-state index in [4.69, 9.17) is 4.74 Å². The second-order valence-corrected chi connectivity index (χ2v) is 5.49. The Bertz CT molecular complexity index is 496. The largest absolute Gasteiger partial charge is 0.444 e. The van der Waals surface area contributed by atoms with Crippen molar-refractivity contribution >= 4 is 17.6 Å². The summed E-state index contributed by atoms with van der Waals surface area (Å²) in [5.74, 6) is 1.93. The molecule has 0 radical (unpaired) electrons. The van der Waals surface area contributed by atoms with E-state index in [1.54, 1.807) is 20.8 Å². The maximum absolute atomic E-state index is 11.8. The van der Waals surface area contributed by atoms with E-state index in [0.717, 1.165) is 5.56 Å². The molecule has 1 amide bonds. The summed E-state index contributed by atoms with van der Waals surface area (Å²) in [5, 5.41) is 2.71. The zero-order valence-corrected chi connectivity index (χ0v) is 12.4. The molecule has 0 fully saturated rings. The number of rotatable bonds is 4. The molecule has 1 N–H and O–H groups in total. The molecule has 0 aliphatic rings. The molecule has 0 aliphatic heterocycles. The monoisotopic (exact) mass is 275 g/mol. The fourth-order valence-electron chi connectivity index (χ4n) is 1.78. The molecule has 20 heavy (non-hydrogen) atoms. The van der Waals surface area contributed by atoms with Crippen LogP contribution in [0.25, 0.3) is 5.57 Å². The van der Waals surface area contributed by atoms with Gasteiger partial charge in [-0.3, -0.25) is 0 Å². The van der Waals surface area contributed by atoms with Crippen LogP contribution in [-0.2, 0) is 9.53 Å². The van der Waals surface area contributed by atoms with Gasteiger partial charge < -0.3 is 10.1 Å². The van der Waals surface area contributed by atoms with Crippen LogP contribution in [0.1, 0.15) is 39.7 Å². The summed E-state index contributed by atoms with van der Waals surface area (Å²) < 4.78 is 5.21. The minimum atomic E-state index is -0.569. The first-order valence-electron chi connectivity index (χ1n) is 6.67. The number of hydrogen-bond acceptors (Lipinski definition) is 3. The van der Waals surface area contributed by atoms with E-state index in [1.807, 2.05) is 43.2 Å². The highest BCUT2D eigenvalue weighted by Gasteiger charge is 2.22. The van der Waals surface area contributed by atoms with Crippen LogP contribution in [0.2, 0.25) is 0 Å². The number of hydrogen-bond donors (Lipinski definition) is 1. The van der Waals surface area contributed by atoms with Crippen molar-refractivity contribution in [2.45, 2.75) is 45.8 Å². The first-order chi connectivity index (χ1) is 9.37. The lowest BCUT2D eigenvalue weighted by Crippen LogP contribution is -2.39. The first-order valence-corrected chi connectivity index (χ1v) is 6.67. The normalized spacial score (nSPS) is 12.2. The summed E-state index contributed by atoms with van der Waals surface area (Å²) in [6.45, 7) is 7.27. The molecular formula is C16H21NO3. The van der Waals surface area contributed by atoms with Gasteiger partial charge in [0.15, 0.2) is 0 Å². The van der Waals surface area contributed by atoms with E-state index >= 15 is 0 Å². The Morgan fingerprint density at radius 3 is 2.35 bits per heavy atom. The fraction of sp³-hybridized carbons (Fsp3) is 0.438. The SMILES string of the molecule is CCC(NC(=O)OC(C)(C)C)C(=C=O)c1ccccc1. The van der Waals surface area contributed by atoms with Crippen LogP contribution in [-0.4, -0.2) is 23.7 Å². The standard InChI is InChI=1S/C16H21NO3/c1-5-14(17-15(19)20-16(2,3)4)13(11-18)12-9-7-6-8-10-12/h6-10,14H,5H2,1-4H3,(H,17,19). The molecule has 0 spiro atoms. The third kappa shape index (κ3) is 4.90. The Labute approximate surface area is 119 Å². The van der Waals surface area contributed by atoms with E-state index in [0.29, 0.717) is 12.0 Å². The third-order valence-electron chi connectivity index (χ3n) is 2.64. The Balaban J connectivity index is 2.85. The van der Waals surface area contributed by atoms with Crippen molar-refractivity contribution in [1.82, 2.24) is 5.32 Å². The molecule has 1 aromatic carbocycles. The molecule has 0 aliphatic carbocycles. The number of amides is 1. The topological polar surface area (TPSA) is 55.4 Å². The van der Waals surface area contributed by atoms with E-state index in [-0.39, 0.29) is 0 Å². The molecule has 4 heteroatoms. The number of carbonyl (C=O) groups is 1. The lowest BCUT2D eigenvalue weighted by molar-refractivity contribution is 0.0515. The van der Waals surface area contributed by atoms with Gasteiger partial charge in [0.25, 0.3) is 0 Å². The predicted molar refractivity (Wildman–Crippen MR) is 79.0 cm³/mol. The minimum Gasteiger partial charge on any atom is -0.444 e. The zero-order valence-electron chi connectivity index (χ0n) is 12.4. The van der Waals surface area contributed by atoms with Crippen LogP contribution in [0.15, 0.2) is 30.3 Å². The number of benzene rings is 1. The third-order valence-corrected chi connectivity index (χ3v) is 2.64. The summed E-state index contributed by atoms with van der Waals surface area (Å²) in [4.78, 5) is 23.0. The maximum atomic E-state index is 11.8. The van der Waals surface area contributed by atoms with Crippen molar-refractivity contribution in [1.29, 1.82) is 0 Å². The van der Waals surface area contributed by atoms with Gasteiger partial charge in [0.1, 0.15) is 11.5 Å². The van der Waals surface area contributed by atoms with Crippen molar-refractivity contribution in [3.63, 3.8) is 0 Å². The van der Waals surface area contributed by atoms with E-state index in [1.165, 1.54) is 0 Å². The van der Waals surface area contributed by atoms with E-state index in [9.17, 15) is 9.59 Å². The van der Waals surface area contributed by atoms with Gasteiger partial charge in [-0.25, -0.2) is 9.59 Å². The zero-order chi connectivity index (χ0) is 15.2. The second kappa shape index (κ2) is 6.92. The second-order valence-electron chi connectivity index (χ2n) is 5.49. The van der Waals surface area contributed by atoms with Gasteiger partial charge in [-0.2, -0.15) is 0 Å². The van der Waals surface area contributed by atoms with Crippen LogP contribution in [0.4, 0.5) is 4.79 Å². The summed E-state index contributed by atoms with van der Waals surface area (Å²) in [5.41, 5.74) is 0.615. The predicted octanol–water partition coefficient (Wildman–Crippen LogP) is 3.20.